The Morgan fingerprint density at radius 1 is 0.474 bits per heavy atom. The molecule has 5 aromatic rings. The molecular formula is C34H30O2Si2. The van der Waals surface area contributed by atoms with Gasteiger partial charge in [-0.25, -0.2) is 0 Å². The first-order valence-electron chi connectivity index (χ1n) is 12.6. The first kappa shape index (κ1) is 25.3. The van der Waals surface area contributed by atoms with Crippen molar-refractivity contribution in [2.24, 2.45) is 0 Å². The molecule has 5 rings (SSSR count). The Bertz CT molecular complexity index is 1630. The highest BCUT2D eigenvalue weighted by Crippen LogP contribution is 2.33. The summed E-state index contributed by atoms with van der Waals surface area (Å²) in [5.41, 5.74) is 7.70. The van der Waals surface area contributed by atoms with Crippen molar-refractivity contribution in [2.45, 2.75) is 0 Å². The topological polar surface area (TPSA) is 18.5 Å². The van der Waals surface area contributed by atoms with Crippen molar-refractivity contribution in [3.8, 4) is 11.5 Å². The summed E-state index contributed by atoms with van der Waals surface area (Å²) in [7, 11) is -5.25. The highest BCUT2D eigenvalue weighted by atomic mass is 28.4. The average molecular weight is 527 g/mol. The molecule has 2 nitrogen and oxygen atoms in total. The molecule has 0 aromatic heterocycles. The molecule has 0 saturated carbocycles. The van der Waals surface area contributed by atoms with Crippen LogP contribution < -0.4 is 19.2 Å². The zero-order valence-corrected chi connectivity index (χ0v) is 23.3. The van der Waals surface area contributed by atoms with Gasteiger partial charge in [-0.15, -0.1) is 26.3 Å². The van der Waals surface area contributed by atoms with E-state index in [9.17, 15) is 0 Å². The lowest BCUT2D eigenvalue weighted by molar-refractivity contribution is 0.576. The summed E-state index contributed by atoms with van der Waals surface area (Å²) in [5.74, 6) is 1.60. The molecule has 0 aliphatic rings. The lowest BCUT2D eigenvalue weighted by Gasteiger charge is -2.27. The third-order valence-corrected chi connectivity index (χ3v) is 13.0. The van der Waals surface area contributed by atoms with Crippen LogP contribution >= 0.6 is 0 Å². The molecule has 0 amide bonds. The molecule has 0 aliphatic heterocycles. The normalized spacial score (nSPS) is 11.6. The molecule has 0 atom stereocenters. The highest BCUT2D eigenvalue weighted by molar-refractivity contribution is 6.95. The molecule has 0 saturated heterocycles. The predicted octanol–water partition coefficient (Wildman–Crippen LogP) is 7.36. The number of rotatable bonds is 10. The van der Waals surface area contributed by atoms with Gasteiger partial charge in [0.25, 0.3) is 0 Å². The van der Waals surface area contributed by atoms with Crippen LogP contribution in [0, 0.1) is 0 Å². The van der Waals surface area contributed by atoms with E-state index in [0.29, 0.717) is 0 Å². The average Bonchev–Trinajstić information content (AvgIpc) is 2.99. The number of hydrogen-bond acceptors (Lipinski definition) is 2. The predicted molar refractivity (Wildman–Crippen MR) is 167 cm³/mol. The Morgan fingerprint density at radius 2 is 1.05 bits per heavy atom. The molecule has 186 valence electrons. The molecular weight excluding hydrogens is 497 g/mol. The van der Waals surface area contributed by atoms with Crippen molar-refractivity contribution in [3.05, 3.63) is 158 Å². The second-order valence-corrected chi connectivity index (χ2v) is 15.5. The molecule has 0 radical (unpaired) electrons. The van der Waals surface area contributed by atoms with E-state index < -0.39 is 16.6 Å². The third-order valence-electron chi connectivity index (χ3n) is 7.00. The molecule has 0 aliphatic carbocycles. The number of hydrogen-bond donors (Lipinski definition) is 0. The molecule has 0 spiro atoms. The summed E-state index contributed by atoms with van der Waals surface area (Å²) in [6.45, 7) is 16.5. The zero-order chi connectivity index (χ0) is 26.6. The second-order valence-electron chi connectivity index (χ2n) is 9.18. The minimum absolute atomic E-state index is 0.788. The highest BCUT2D eigenvalue weighted by Gasteiger charge is 2.34. The smallest absolute Gasteiger partial charge is 0.331 e. The van der Waals surface area contributed by atoms with E-state index in [1.54, 1.807) is 0 Å². The van der Waals surface area contributed by atoms with Gasteiger partial charge in [0, 0.05) is 5.39 Å². The standard InChI is InChI=1S/C34H30O2Si2/c1-5-37(6-2,31-17-11-9-12-18-31)35-30-23-22-27-24-28-16-15-21-34(33(28)26-29(27)25-30)36-38(7-3,8-4)32-19-13-10-14-20-32/h5-26H,1-4H2. The maximum atomic E-state index is 6.80. The van der Waals surface area contributed by atoms with E-state index in [1.165, 1.54) is 0 Å². The maximum absolute atomic E-state index is 6.80. The minimum Gasteiger partial charge on any atom is -0.531 e. The van der Waals surface area contributed by atoms with Crippen LogP contribution in [0.4, 0.5) is 0 Å². The Balaban J connectivity index is 1.58. The largest absolute Gasteiger partial charge is 0.531 e. The molecule has 0 N–H and O–H groups in total. The lowest BCUT2D eigenvalue weighted by atomic mass is 10.0. The van der Waals surface area contributed by atoms with E-state index in [2.05, 4.69) is 80.9 Å². The quantitative estimate of drug-likeness (QED) is 0.140. The van der Waals surface area contributed by atoms with E-state index in [0.717, 1.165) is 43.4 Å². The van der Waals surface area contributed by atoms with Crippen LogP contribution in [0.15, 0.2) is 158 Å². The molecule has 0 unspecified atom stereocenters. The van der Waals surface area contributed by atoms with Gasteiger partial charge in [0.15, 0.2) is 0 Å². The number of fused-ring (bicyclic) bond motifs is 2. The fraction of sp³-hybridized carbons (Fsp3) is 0. The van der Waals surface area contributed by atoms with Gasteiger partial charge in [0.05, 0.1) is 0 Å². The van der Waals surface area contributed by atoms with E-state index in [1.807, 2.05) is 77.4 Å². The van der Waals surface area contributed by atoms with Crippen LogP contribution in [-0.2, 0) is 0 Å². The summed E-state index contributed by atoms with van der Waals surface area (Å²) in [6, 6.07) is 37.2. The molecule has 4 heteroatoms. The minimum atomic E-state index is -2.65. The van der Waals surface area contributed by atoms with Gasteiger partial charge in [-0.3, -0.25) is 0 Å². The van der Waals surface area contributed by atoms with E-state index >= 15 is 0 Å². The summed E-state index contributed by atoms with van der Waals surface area (Å²) in [4.78, 5) is 0. The number of benzene rings is 5. The van der Waals surface area contributed by atoms with Crippen LogP contribution in [0.5, 0.6) is 11.5 Å². The second kappa shape index (κ2) is 10.5. The SMILES string of the molecule is C=C[Si](C=C)(Oc1ccc2cc3cccc(O[Si](C=C)(C=C)c4ccccc4)c3cc2c1)c1ccccc1. The summed E-state index contributed by atoms with van der Waals surface area (Å²) in [5, 5.41) is 6.56. The van der Waals surface area contributed by atoms with Gasteiger partial charge in [-0.05, 0) is 56.9 Å². The van der Waals surface area contributed by atoms with Crippen LogP contribution in [0.25, 0.3) is 21.5 Å². The van der Waals surface area contributed by atoms with Gasteiger partial charge in [-0.2, -0.15) is 0 Å². The third kappa shape index (κ3) is 4.56. The molecule has 0 heterocycles. The van der Waals surface area contributed by atoms with Gasteiger partial charge >= 0.3 is 16.6 Å². The van der Waals surface area contributed by atoms with Crippen LogP contribution in [0.3, 0.4) is 0 Å². The van der Waals surface area contributed by atoms with E-state index in [4.69, 9.17) is 8.85 Å². The van der Waals surface area contributed by atoms with Crippen molar-refractivity contribution in [3.63, 3.8) is 0 Å². The van der Waals surface area contributed by atoms with E-state index in [-0.39, 0.29) is 0 Å². The Labute approximate surface area is 226 Å². The molecule has 0 fully saturated rings. The molecule has 0 bridgehead atoms. The van der Waals surface area contributed by atoms with Crippen molar-refractivity contribution in [1.29, 1.82) is 0 Å². The Kier molecular flexibility index (Phi) is 7.01. The Morgan fingerprint density at radius 3 is 1.63 bits per heavy atom. The van der Waals surface area contributed by atoms with Gasteiger partial charge < -0.3 is 8.85 Å². The molecule has 38 heavy (non-hydrogen) atoms. The fourth-order valence-electron chi connectivity index (χ4n) is 4.82. The zero-order valence-electron chi connectivity index (χ0n) is 21.3. The van der Waals surface area contributed by atoms with Crippen molar-refractivity contribution >= 4 is 48.6 Å². The first-order chi connectivity index (χ1) is 18.6. The summed E-state index contributed by atoms with van der Waals surface area (Å²) >= 11 is 0. The fourth-order valence-corrected chi connectivity index (χ4v) is 9.15. The first-order valence-corrected chi connectivity index (χ1v) is 16.7. The van der Waals surface area contributed by atoms with Gasteiger partial charge in [0.1, 0.15) is 11.5 Å². The maximum Gasteiger partial charge on any atom is 0.331 e. The van der Waals surface area contributed by atoms with Gasteiger partial charge in [-0.1, -0.05) is 102 Å². The van der Waals surface area contributed by atoms with Crippen molar-refractivity contribution in [2.75, 3.05) is 0 Å². The van der Waals surface area contributed by atoms with Crippen molar-refractivity contribution < 1.29 is 8.85 Å². The molecule has 5 aromatic carbocycles. The summed E-state index contributed by atoms with van der Waals surface area (Å²) in [6.07, 6.45) is 0. The van der Waals surface area contributed by atoms with Crippen LogP contribution in [0.1, 0.15) is 0 Å². The lowest BCUT2D eigenvalue weighted by Crippen LogP contribution is -2.50. The van der Waals surface area contributed by atoms with Crippen LogP contribution in [0.2, 0.25) is 0 Å². The Hall–Kier alpha value is -4.39. The monoisotopic (exact) mass is 526 g/mol. The van der Waals surface area contributed by atoms with Gasteiger partial charge in [0.2, 0.25) is 0 Å². The van der Waals surface area contributed by atoms with Crippen molar-refractivity contribution in [1.82, 2.24) is 0 Å². The summed E-state index contributed by atoms with van der Waals surface area (Å²) < 4.78 is 13.5. The van der Waals surface area contributed by atoms with Crippen LogP contribution in [-0.4, -0.2) is 16.6 Å².